The summed E-state index contributed by atoms with van der Waals surface area (Å²) in [4.78, 5) is 23.3. The van der Waals surface area contributed by atoms with Gasteiger partial charge in [0.1, 0.15) is 12.1 Å². The first-order chi connectivity index (χ1) is 8.22. The molecular formula is C11H10N4O2. The third-order valence-corrected chi connectivity index (χ3v) is 2.20. The molecule has 0 saturated carbocycles. The molecule has 0 aliphatic heterocycles. The first-order valence-electron chi connectivity index (χ1n) is 4.81. The van der Waals surface area contributed by atoms with Crippen LogP contribution in [0.25, 0.3) is 11.1 Å². The van der Waals surface area contributed by atoms with Gasteiger partial charge in [-0.25, -0.2) is 19.7 Å². The number of ether oxygens (including phenoxy) is 1. The molecule has 0 aliphatic carbocycles. The third kappa shape index (κ3) is 2.20. The summed E-state index contributed by atoms with van der Waals surface area (Å²) in [6.45, 7) is 0. The van der Waals surface area contributed by atoms with Crippen molar-refractivity contribution < 1.29 is 9.53 Å². The average Bonchev–Trinajstić information content (AvgIpc) is 2.38. The van der Waals surface area contributed by atoms with Crippen LogP contribution in [0, 0.1) is 0 Å². The van der Waals surface area contributed by atoms with E-state index in [1.165, 1.54) is 25.7 Å². The minimum absolute atomic E-state index is 0.256. The van der Waals surface area contributed by atoms with Gasteiger partial charge in [0, 0.05) is 29.7 Å². The first kappa shape index (κ1) is 11.0. The second-order valence-electron chi connectivity index (χ2n) is 3.27. The lowest BCUT2D eigenvalue weighted by Crippen LogP contribution is -2.06. The second kappa shape index (κ2) is 4.56. The molecule has 17 heavy (non-hydrogen) atoms. The van der Waals surface area contributed by atoms with Crippen molar-refractivity contribution in [2.75, 3.05) is 12.8 Å². The Morgan fingerprint density at radius 1 is 1.29 bits per heavy atom. The summed E-state index contributed by atoms with van der Waals surface area (Å²) in [6, 6.07) is 1.47. The zero-order chi connectivity index (χ0) is 12.3. The van der Waals surface area contributed by atoms with Crippen LogP contribution in [0.5, 0.6) is 0 Å². The molecule has 0 unspecified atom stereocenters. The molecule has 2 N–H and O–H groups in total. The van der Waals surface area contributed by atoms with Crippen LogP contribution in [-0.4, -0.2) is 28.0 Å². The molecule has 6 nitrogen and oxygen atoms in total. The van der Waals surface area contributed by atoms with Crippen LogP contribution in [-0.2, 0) is 4.74 Å². The van der Waals surface area contributed by atoms with Gasteiger partial charge in [0.15, 0.2) is 0 Å². The van der Waals surface area contributed by atoms with Gasteiger partial charge in [-0.2, -0.15) is 0 Å². The van der Waals surface area contributed by atoms with Gasteiger partial charge in [-0.05, 0) is 6.07 Å². The van der Waals surface area contributed by atoms with Gasteiger partial charge >= 0.3 is 5.97 Å². The maximum atomic E-state index is 11.6. The van der Waals surface area contributed by atoms with E-state index in [0.717, 1.165) is 0 Å². The summed E-state index contributed by atoms with van der Waals surface area (Å²) in [7, 11) is 1.31. The van der Waals surface area contributed by atoms with Crippen molar-refractivity contribution in [2.24, 2.45) is 0 Å². The zero-order valence-electron chi connectivity index (χ0n) is 9.12. The first-order valence-corrected chi connectivity index (χ1v) is 4.81. The maximum Gasteiger partial charge on any atom is 0.338 e. The molecule has 0 bridgehead atoms. The smallest absolute Gasteiger partial charge is 0.338 e. The number of nitrogen functional groups attached to an aromatic ring is 1. The fourth-order valence-corrected chi connectivity index (χ4v) is 1.42. The fourth-order valence-electron chi connectivity index (χ4n) is 1.42. The molecule has 2 rings (SSSR count). The van der Waals surface area contributed by atoms with Gasteiger partial charge in [-0.3, -0.25) is 0 Å². The van der Waals surface area contributed by atoms with E-state index in [1.807, 2.05) is 0 Å². The van der Waals surface area contributed by atoms with Crippen molar-refractivity contribution in [3.05, 3.63) is 36.5 Å². The Kier molecular flexibility index (Phi) is 2.95. The second-order valence-corrected chi connectivity index (χ2v) is 3.27. The molecule has 0 spiro atoms. The van der Waals surface area contributed by atoms with E-state index < -0.39 is 5.97 Å². The standard InChI is InChI=1S/C11H10N4O2/c1-17-11(16)8-2-10(12)15-5-9(8)7-3-13-6-14-4-7/h2-6H,1H3,(H2,12,15). The Bertz CT molecular complexity index is 542. The Labute approximate surface area is 97.5 Å². The van der Waals surface area contributed by atoms with E-state index in [-0.39, 0.29) is 5.82 Å². The van der Waals surface area contributed by atoms with E-state index in [4.69, 9.17) is 10.5 Å². The Hall–Kier alpha value is -2.50. The zero-order valence-corrected chi connectivity index (χ0v) is 9.12. The maximum absolute atomic E-state index is 11.6. The molecule has 6 heteroatoms. The van der Waals surface area contributed by atoms with Crippen LogP contribution >= 0.6 is 0 Å². The van der Waals surface area contributed by atoms with Crippen LogP contribution < -0.4 is 5.73 Å². The number of esters is 1. The summed E-state index contributed by atoms with van der Waals surface area (Å²) in [5.74, 6) is -0.219. The van der Waals surface area contributed by atoms with Crippen molar-refractivity contribution in [1.82, 2.24) is 15.0 Å². The van der Waals surface area contributed by atoms with Crippen molar-refractivity contribution in [1.29, 1.82) is 0 Å². The van der Waals surface area contributed by atoms with Crippen molar-refractivity contribution in [3.8, 4) is 11.1 Å². The Morgan fingerprint density at radius 2 is 2.00 bits per heavy atom. The van der Waals surface area contributed by atoms with Gasteiger partial charge in [-0.1, -0.05) is 0 Å². The number of hydrogen-bond donors (Lipinski definition) is 1. The SMILES string of the molecule is COC(=O)c1cc(N)ncc1-c1cncnc1. The monoisotopic (exact) mass is 230 g/mol. The predicted molar refractivity (Wildman–Crippen MR) is 61.0 cm³/mol. The molecule has 2 heterocycles. The Morgan fingerprint density at radius 3 is 2.65 bits per heavy atom. The van der Waals surface area contributed by atoms with Gasteiger partial charge in [-0.15, -0.1) is 0 Å². The van der Waals surface area contributed by atoms with Gasteiger partial charge < -0.3 is 10.5 Å². The van der Waals surface area contributed by atoms with E-state index >= 15 is 0 Å². The number of nitrogens with two attached hydrogens (primary N) is 1. The number of nitrogens with zero attached hydrogens (tertiary/aromatic N) is 3. The van der Waals surface area contributed by atoms with Crippen molar-refractivity contribution in [3.63, 3.8) is 0 Å². The minimum Gasteiger partial charge on any atom is -0.465 e. The molecule has 0 aliphatic rings. The minimum atomic E-state index is -0.474. The van der Waals surface area contributed by atoms with Crippen LogP contribution in [0.1, 0.15) is 10.4 Å². The molecule has 0 fully saturated rings. The van der Waals surface area contributed by atoms with Crippen LogP contribution in [0.15, 0.2) is 31.0 Å². The number of rotatable bonds is 2. The summed E-state index contributed by atoms with van der Waals surface area (Å²) in [5, 5.41) is 0. The molecule has 0 atom stereocenters. The molecule has 2 aromatic heterocycles. The number of methoxy groups -OCH3 is 1. The van der Waals surface area contributed by atoms with Gasteiger partial charge in [0.05, 0.1) is 12.7 Å². The third-order valence-electron chi connectivity index (χ3n) is 2.20. The molecule has 0 saturated heterocycles. The van der Waals surface area contributed by atoms with Crippen LogP contribution in [0.3, 0.4) is 0 Å². The van der Waals surface area contributed by atoms with E-state index in [1.54, 1.807) is 12.4 Å². The lowest BCUT2D eigenvalue weighted by atomic mass is 10.1. The highest BCUT2D eigenvalue weighted by molar-refractivity contribution is 5.97. The fraction of sp³-hybridized carbons (Fsp3) is 0.0909. The number of carbonyl (C=O) groups is 1. The molecule has 2 aromatic rings. The Balaban J connectivity index is 2.58. The van der Waals surface area contributed by atoms with Crippen molar-refractivity contribution in [2.45, 2.75) is 0 Å². The topological polar surface area (TPSA) is 91.0 Å². The highest BCUT2D eigenvalue weighted by Crippen LogP contribution is 2.23. The molecule has 0 amide bonds. The molecule has 0 aromatic carbocycles. The van der Waals surface area contributed by atoms with E-state index in [0.29, 0.717) is 16.7 Å². The normalized spacial score (nSPS) is 9.94. The lowest BCUT2D eigenvalue weighted by Gasteiger charge is -2.07. The largest absolute Gasteiger partial charge is 0.465 e. The number of carbonyl (C=O) groups excluding carboxylic acids is 1. The van der Waals surface area contributed by atoms with Crippen molar-refractivity contribution >= 4 is 11.8 Å². The quantitative estimate of drug-likeness (QED) is 0.771. The average molecular weight is 230 g/mol. The summed E-state index contributed by atoms with van der Waals surface area (Å²) >= 11 is 0. The number of anilines is 1. The highest BCUT2D eigenvalue weighted by atomic mass is 16.5. The molecule has 0 radical (unpaired) electrons. The van der Waals surface area contributed by atoms with Crippen LogP contribution in [0.2, 0.25) is 0 Å². The number of pyridine rings is 1. The van der Waals surface area contributed by atoms with E-state index in [9.17, 15) is 4.79 Å². The number of hydrogen-bond acceptors (Lipinski definition) is 6. The summed E-state index contributed by atoms with van der Waals surface area (Å²) in [5.41, 5.74) is 7.16. The highest BCUT2D eigenvalue weighted by Gasteiger charge is 2.14. The summed E-state index contributed by atoms with van der Waals surface area (Å²) in [6.07, 6.45) is 6.09. The number of aromatic nitrogens is 3. The predicted octanol–water partition coefficient (Wildman–Crippen LogP) is 0.907. The lowest BCUT2D eigenvalue weighted by molar-refractivity contribution is 0.0601. The van der Waals surface area contributed by atoms with E-state index in [2.05, 4.69) is 15.0 Å². The van der Waals surface area contributed by atoms with Crippen LogP contribution in [0.4, 0.5) is 5.82 Å². The molecule has 86 valence electrons. The summed E-state index contributed by atoms with van der Waals surface area (Å²) < 4.78 is 4.69. The van der Waals surface area contributed by atoms with Gasteiger partial charge in [0.25, 0.3) is 0 Å². The molecular weight excluding hydrogens is 220 g/mol. The van der Waals surface area contributed by atoms with Gasteiger partial charge in [0.2, 0.25) is 0 Å².